The van der Waals surface area contributed by atoms with Gasteiger partial charge in [-0.05, 0) is 38.8 Å². The number of oxime groups is 1. The smallest absolute Gasteiger partial charge is 0.221 e. The number of rotatable bonds is 1. The highest BCUT2D eigenvalue weighted by Gasteiger charge is 2.15. The molecule has 6 nitrogen and oxygen atoms in total. The van der Waals surface area contributed by atoms with Crippen LogP contribution >= 0.6 is 11.6 Å². The van der Waals surface area contributed by atoms with E-state index >= 15 is 0 Å². The van der Waals surface area contributed by atoms with Gasteiger partial charge in [-0.3, -0.25) is 0 Å². The van der Waals surface area contributed by atoms with E-state index in [1.54, 1.807) is 12.1 Å². The number of pyridine rings is 1. The van der Waals surface area contributed by atoms with E-state index in [0.717, 1.165) is 0 Å². The van der Waals surface area contributed by atoms with Crippen LogP contribution in [0, 0.1) is 17.3 Å². The lowest BCUT2D eigenvalue weighted by atomic mass is 9.98. The monoisotopic (exact) mass is 303 g/mol. The molecule has 0 aliphatic rings. The summed E-state index contributed by atoms with van der Waals surface area (Å²) in [5, 5.41) is 16.6. The zero-order chi connectivity index (χ0) is 15.5. The van der Waals surface area contributed by atoms with Crippen LogP contribution in [-0.2, 0) is 0 Å². The number of halogens is 1. The van der Waals surface area contributed by atoms with Gasteiger partial charge < -0.3 is 5.21 Å². The van der Waals surface area contributed by atoms with Gasteiger partial charge in [0.05, 0.1) is 5.02 Å². The maximum Gasteiger partial charge on any atom is 0.221 e. The SMILES string of the molecule is CC(C)(C)C#Cc1ccc(Cl)c(/C(=N\O)n2cncn2)n1. The maximum absolute atomic E-state index is 9.19. The summed E-state index contributed by atoms with van der Waals surface area (Å²) >= 11 is 6.11. The summed E-state index contributed by atoms with van der Waals surface area (Å²) in [6.07, 6.45) is 2.71. The predicted octanol–water partition coefficient (Wildman–Crippen LogP) is 2.41. The Balaban J connectivity index is 2.46. The van der Waals surface area contributed by atoms with Gasteiger partial charge in [0, 0.05) is 5.41 Å². The van der Waals surface area contributed by atoms with Gasteiger partial charge in [-0.2, -0.15) is 9.78 Å². The van der Waals surface area contributed by atoms with Crippen molar-refractivity contribution in [3.63, 3.8) is 0 Å². The Labute approximate surface area is 127 Å². The second-order valence-corrected chi connectivity index (χ2v) is 5.70. The molecular formula is C14H14ClN5O. The van der Waals surface area contributed by atoms with E-state index in [1.807, 2.05) is 20.8 Å². The first kappa shape index (κ1) is 15.0. The first-order chi connectivity index (χ1) is 9.90. The Hall–Kier alpha value is -2.39. The van der Waals surface area contributed by atoms with Crippen molar-refractivity contribution in [2.75, 3.05) is 0 Å². The molecule has 0 aliphatic heterocycles. The molecule has 0 spiro atoms. The summed E-state index contributed by atoms with van der Waals surface area (Å²) in [4.78, 5) is 8.12. The minimum Gasteiger partial charge on any atom is -0.409 e. The van der Waals surface area contributed by atoms with Crippen LogP contribution in [0.2, 0.25) is 5.02 Å². The van der Waals surface area contributed by atoms with Crippen LogP contribution in [0.1, 0.15) is 32.2 Å². The number of hydrogen-bond acceptors (Lipinski definition) is 5. The second-order valence-electron chi connectivity index (χ2n) is 5.29. The van der Waals surface area contributed by atoms with Crippen molar-refractivity contribution in [2.45, 2.75) is 20.8 Å². The van der Waals surface area contributed by atoms with Gasteiger partial charge in [-0.25, -0.2) is 9.97 Å². The summed E-state index contributed by atoms with van der Waals surface area (Å²) in [6.45, 7) is 6.02. The molecule has 0 amide bonds. The van der Waals surface area contributed by atoms with Gasteiger partial charge in [0.15, 0.2) is 0 Å². The second kappa shape index (κ2) is 5.94. The molecule has 7 heteroatoms. The topological polar surface area (TPSA) is 76.2 Å². The van der Waals surface area contributed by atoms with E-state index in [0.29, 0.717) is 10.7 Å². The van der Waals surface area contributed by atoms with Crippen molar-refractivity contribution in [3.05, 3.63) is 41.2 Å². The molecule has 0 aliphatic carbocycles. The highest BCUT2D eigenvalue weighted by atomic mass is 35.5. The molecule has 0 aromatic carbocycles. The Bertz CT molecular complexity index is 720. The zero-order valence-electron chi connectivity index (χ0n) is 11.9. The zero-order valence-corrected chi connectivity index (χ0v) is 12.6. The maximum atomic E-state index is 9.19. The molecule has 0 saturated heterocycles. The van der Waals surface area contributed by atoms with E-state index in [2.05, 4.69) is 32.1 Å². The third-order valence-electron chi connectivity index (χ3n) is 2.35. The van der Waals surface area contributed by atoms with Crippen LogP contribution < -0.4 is 0 Å². The Morgan fingerprint density at radius 1 is 1.38 bits per heavy atom. The average molecular weight is 304 g/mol. The van der Waals surface area contributed by atoms with Crippen LogP contribution in [0.5, 0.6) is 0 Å². The molecule has 108 valence electrons. The molecule has 0 bridgehead atoms. The molecule has 2 rings (SSSR count). The lowest BCUT2D eigenvalue weighted by molar-refractivity contribution is 0.316. The minimum atomic E-state index is -0.138. The summed E-state index contributed by atoms with van der Waals surface area (Å²) in [7, 11) is 0. The van der Waals surface area contributed by atoms with E-state index in [9.17, 15) is 5.21 Å². The van der Waals surface area contributed by atoms with Crippen molar-refractivity contribution < 1.29 is 5.21 Å². The summed E-state index contributed by atoms with van der Waals surface area (Å²) in [5.41, 5.74) is 0.678. The van der Waals surface area contributed by atoms with Crippen molar-refractivity contribution in [1.82, 2.24) is 19.7 Å². The fourth-order valence-electron chi connectivity index (χ4n) is 1.44. The van der Waals surface area contributed by atoms with E-state index in [1.165, 1.54) is 17.3 Å². The third-order valence-corrected chi connectivity index (χ3v) is 2.66. The molecule has 0 atom stereocenters. The lowest BCUT2D eigenvalue weighted by Gasteiger charge is -2.08. The molecule has 0 fully saturated rings. The summed E-state index contributed by atoms with van der Waals surface area (Å²) in [6, 6.07) is 3.36. The minimum absolute atomic E-state index is 0.0805. The molecule has 21 heavy (non-hydrogen) atoms. The summed E-state index contributed by atoms with van der Waals surface area (Å²) < 4.78 is 1.27. The van der Waals surface area contributed by atoms with Gasteiger partial charge in [0.2, 0.25) is 5.84 Å². The van der Waals surface area contributed by atoms with E-state index in [4.69, 9.17) is 11.6 Å². The van der Waals surface area contributed by atoms with E-state index in [-0.39, 0.29) is 16.9 Å². The Kier molecular flexibility index (Phi) is 4.24. The number of nitrogens with zero attached hydrogens (tertiary/aromatic N) is 5. The van der Waals surface area contributed by atoms with Gasteiger partial charge >= 0.3 is 0 Å². The van der Waals surface area contributed by atoms with Crippen LogP contribution in [0.3, 0.4) is 0 Å². The van der Waals surface area contributed by atoms with Gasteiger partial charge in [0.1, 0.15) is 24.0 Å². The van der Waals surface area contributed by atoms with Crippen LogP contribution in [0.4, 0.5) is 0 Å². The van der Waals surface area contributed by atoms with Crippen molar-refractivity contribution in [2.24, 2.45) is 10.6 Å². The predicted molar refractivity (Wildman–Crippen MR) is 79.3 cm³/mol. The Morgan fingerprint density at radius 2 is 2.14 bits per heavy atom. The molecule has 1 N–H and O–H groups in total. The quantitative estimate of drug-likeness (QED) is 0.288. The van der Waals surface area contributed by atoms with Gasteiger partial charge in [-0.15, -0.1) is 0 Å². The molecule has 0 unspecified atom stereocenters. The Morgan fingerprint density at radius 3 is 2.71 bits per heavy atom. The van der Waals surface area contributed by atoms with Crippen molar-refractivity contribution in [1.29, 1.82) is 0 Å². The highest BCUT2D eigenvalue weighted by Crippen LogP contribution is 2.16. The fourth-order valence-corrected chi connectivity index (χ4v) is 1.63. The summed E-state index contributed by atoms with van der Waals surface area (Å²) in [5.74, 6) is 6.14. The molecule has 2 aromatic heterocycles. The van der Waals surface area contributed by atoms with Gasteiger partial charge in [-0.1, -0.05) is 22.7 Å². The molecule has 0 radical (unpaired) electrons. The normalized spacial score (nSPS) is 11.9. The third kappa shape index (κ3) is 3.80. The molecule has 0 saturated carbocycles. The number of aromatic nitrogens is 4. The van der Waals surface area contributed by atoms with Crippen LogP contribution in [-0.4, -0.2) is 30.8 Å². The number of hydrogen-bond donors (Lipinski definition) is 1. The molecule has 2 heterocycles. The molecular weight excluding hydrogens is 290 g/mol. The van der Waals surface area contributed by atoms with Crippen molar-refractivity contribution >= 4 is 17.4 Å². The van der Waals surface area contributed by atoms with Crippen molar-refractivity contribution in [3.8, 4) is 11.8 Å². The highest BCUT2D eigenvalue weighted by molar-refractivity contribution is 6.33. The van der Waals surface area contributed by atoms with Gasteiger partial charge in [0.25, 0.3) is 0 Å². The fraction of sp³-hybridized carbons (Fsp3) is 0.286. The average Bonchev–Trinajstić information content (AvgIpc) is 2.93. The first-order valence-corrected chi connectivity index (χ1v) is 6.55. The molecule has 2 aromatic rings. The first-order valence-electron chi connectivity index (χ1n) is 6.18. The van der Waals surface area contributed by atoms with Crippen LogP contribution in [0.25, 0.3) is 0 Å². The van der Waals surface area contributed by atoms with E-state index < -0.39 is 0 Å². The van der Waals surface area contributed by atoms with Crippen LogP contribution in [0.15, 0.2) is 29.9 Å². The standard InChI is InChI=1S/C14H14ClN5O/c1-14(2,3)7-6-10-4-5-11(15)12(18-10)13(19-21)20-9-16-8-17-20/h4-5,8-9,21H,1-3H3/b19-13+. The lowest BCUT2D eigenvalue weighted by Crippen LogP contribution is -2.17. The largest absolute Gasteiger partial charge is 0.409 e.